The number of rotatable bonds is 3. The Hall–Kier alpha value is -1.98. The largest absolute Gasteiger partial charge is 0.874 e. The maximum atomic E-state index is 11.6. The van der Waals surface area contributed by atoms with Crippen molar-refractivity contribution in [2.45, 2.75) is 94.4 Å². The molecule has 0 aromatic rings. The Morgan fingerprint density at radius 1 is 0.543 bits per heavy atom. The Kier molecular flexibility index (Phi) is 13.7. The number of allylic oxidation sites excluding steroid dienone is 3. The molecule has 0 radical (unpaired) electrons. The molecular formula is C29H54N3O3-3. The van der Waals surface area contributed by atoms with Crippen LogP contribution in [-0.2, 0) is 0 Å². The highest BCUT2D eigenvalue weighted by Crippen LogP contribution is 2.23. The van der Waals surface area contributed by atoms with Crippen LogP contribution in [0, 0.1) is 16.2 Å². The van der Waals surface area contributed by atoms with E-state index in [1.165, 1.54) is 32.1 Å². The third kappa shape index (κ3) is 15.6. The molecule has 0 aromatic heterocycles. The van der Waals surface area contributed by atoms with E-state index in [0.29, 0.717) is 0 Å². The summed E-state index contributed by atoms with van der Waals surface area (Å²) in [5.74, 6) is 0.649. The van der Waals surface area contributed by atoms with Gasteiger partial charge in [-0.1, -0.05) is 62.3 Å². The van der Waals surface area contributed by atoms with Gasteiger partial charge < -0.3 is 30.0 Å². The van der Waals surface area contributed by atoms with Crippen LogP contribution in [0.25, 0.3) is 0 Å². The van der Waals surface area contributed by atoms with E-state index in [-0.39, 0.29) is 33.5 Å². The van der Waals surface area contributed by atoms with E-state index in [2.05, 4.69) is 9.80 Å². The summed E-state index contributed by atoms with van der Waals surface area (Å²) < 4.78 is 0. The topological polar surface area (TPSA) is 78.9 Å². The van der Waals surface area contributed by atoms with Gasteiger partial charge in [-0.15, -0.1) is 17.3 Å². The molecule has 0 aromatic carbocycles. The van der Waals surface area contributed by atoms with Gasteiger partial charge in [0.25, 0.3) is 0 Å². The van der Waals surface area contributed by atoms with Crippen LogP contribution in [0.3, 0.4) is 0 Å². The van der Waals surface area contributed by atoms with E-state index in [4.69, 9.17) is 0 Å². The van der Waals surface area contributed by atoms with Crippen molar-refractivity contribution in [3.05, 3.63) is 35.9 Å². The summed E-state index contributed by atoms with van der Waals surface area (Å²) in [4.78, 5) is 6.07. The molecule has 0 aliphatic carbocycles. The van der Waals surface area contributed by atoms with Gasteiger partial charge >= 0.3 is 0 Å². The van der Waals surface area contributed by atoms with Crippen molar-refractivity contribution < 1.29 is 15.3 Å². The van der Waals surface area contributed by atoms with Gasteiger partial charge in [-0.25, -0.2) is 0 Å². The monoisotopic (exact) mass is 492 g/mol. The summed E-state index contributed by atoms with van der Waals surface area (Å²) in [6, 6.07) is 0. The maximum absolute atomic E-state index is 11.6. The normalized spacial score (nSPS) is 18.4. The molecule has 2 aliphatic rings. The Morgan fingerprint density at radius 3 is 1.06 bits per heavy atom. The molecule has 0 N–H and O–H groups in total. The Labute approximate surface area is 217 Å². The van der Waals surface area contributed by atoms with E-state index >= 15 is 0 Å². The molecule has 0 spiro atoms. The second-order valence-electron chi connectivity index (χ2n) is 13.0. The molecule has 35 heavy (non-hydrogen) atoms. The molecule has 0 amide bonds. The van der Waals surface area contributed by atoms with Crippen LogP contribution in [0.2, 0.25) is 0 Å². The SMILES string of the molecule is CC(C)(C)/C([O-])=C/N1CCCC1.CC(C)(C)/C([O-])=C/N1CCCCC1.CN(C)/C=C(\[O-])C(C)(C)C. The van der Waals surface area contributed by atoms with Gasteiger partial charge in [-0.3, -0.25) is 0 Å². The molecule has 6 nitrogen and oxygen atoms in total. The van der Waals surface area contributed by atoms with Gasteiger partial charge in [0.15, 0.2) is 0 Å². The number of nitrogens with zero attached hydrogens (tertiary/aromatic N) is 3. The minimum atomic E-state index is -0.246. The Bertz CT molecular complexity index is 677. The van der Waals surface area contributed by atoms with E-state index in [1.54, 1.807) is 23.5 Å². The zero-order valence-electron chi connectivity index (χ0n) is 24.7. The van der Waals surface area contributed by atoms with Crippen LogP contribution in [0.4, 0.5) is 0 Å². The number of hydrogen-bond donors (Lipinski definition) is 0. The Balaban J connectivity index is 0.000000501. The van der Waals surface area contributed by atoms with Crippen molar-refractivity contribution in [1.82, 2.24) is 14.7 Å². The van der Waals surface area contributed by atoms with Crippen LogP contribution in [0.5, 0.6) is 0 Å². The molecular weight excluding hydrogens is 438 g/mol. The van der Waals surface area contributed by atoms with Crippen LogP contribution in [0.1, 0.15) is 94.4 Å². The van der Waals surface area contributed by atoms with Gasteiger partial charge in [0, 0.05) is 40.3 Å². The lowest BCUT2D eigenvalue weighted by Gasteiger charge is -2.33. The third-order valence-electron chi connectivity index (χ3n) is 5.72. The average molecular weight is 493 g/mol. The second-order valence-corrected chi connectivity index (χ2v) is 13.0. The Morgan fingerprint density at radius 2 is 0.829 bits per heavy atom. The van der Waals surface area contributed by atoms with Crippen molar-refractivity contribution in [1.29, 1.82) is 0 Å². The molecule has 2 saturated heterocycles. The number of hydrogen-bond acceptors (Lipinski definition) is 6. The molecule has 2 fully saturated rings. The fourth-order valence-corrected chi connectivity index (χ4v) is 3.07. The molecule has 0 unspecified atom stereocenters. The third-order valence-corrected chi connectivity index (χ3v) is 5.72. The summed E-state index contributed by atoms with van der Waals surface area (Å²) in [6.07, 6.45) is 11.4. The van der Waals surface area contributed by atoms with Crippen molar-refractivity contribution in [3.63, 3.8) is 0 Å². The predicted molar refractivity (Wildman–Crippen MR) is 143 cm³/mol. The number of piperidine rings is 1. The summed E-state index contributed by atoms with van der Waals surface area (Å²) in [6.45, 7) is 21.8. The fraction of sp³-hybridized carbons (Fsp3) is 0.793. The molecule has 2 rings (SSSR count). The predicted octanol–water partition coefficient (Wildman–Crippen LogP) is 3.85. The van der Waals surface area contributed by atoms with Crippen LogP contribution in [-0.4, -0.2) is 55.0 Å². The maximum Gasteiger partial charge on any atom is 0.0172 e. The molecule has 0 bridgehead atoms. The van der Waals surface area contributed by atoms with Crippen molar-refractivity contribution in [2.75, 3.05) is 40.3 Å². The first-order chi connectivity index (χ1) is 15.8. The van der Waals surface area contributed by atoms with E-state index in [9.17, 15) is 15.3 Å². The lowest BCUT2D eigenvalue weighted by Crippen LogP contribution is -2.29. The lowest BCUT2D eigenvalue weighted by atomic mass is 9.94. The highest BCUT2D eigenvalue weighted by atomic mass is 16.3. The molecule has 206 valence electrons. The molecule has 2 heterocycles. The van der Waals surface area contributed by atoms with Gasteiger partial charge in [0.2, 0.25) is 0 Å². The van der Waals surface area contributed by atoms with Crippen LogP contribution >= 0.6 is 0 Å². The first-order valence-corrected chi connectivity index (χ1v) is 13.2. The second kappa shape index (κ2) is 14.5. The minimum Gasteiger partial charge on any atom is -0.874 e. The smallest absolute Gasteiger partial charge is 0.0172 e. The van der Waals surface area contributed by atoms with Crippen LogP contribution in [0.15, 0.2) is 35.9 Å². The number of likely N-dealkylation sites (tertiary alicyclic amines) is 2. The molecule has 6 heteroatoms. The summed E-state index contributed by atoms with van der Waals surface area (Å²) in [5.41, 5.74) is -0.690. The lowest BCUT2D eigenvalue weighted by molar-refractivity contribution is -0.324. The zero-order valence-corrected chi connectivity index (χ0v) is 24.7. The van der Waals surface area contributed by atoms with Crippen molar-refractivity contribution in [2.24, 2.45) is 16.2 Å². The van der Waals surface area contributed by atoms with Gasteiger partial charge in [0.1, 0.15) is 0 Å². The van der Waals surface area contributed by atoms with Gasteiger partial charge in [-0.05, 0) is 66.9 Å². The summed E-state index contributed by atoms with van der Waals surface area (Å²) in [7, 11) is 3.70. The highest BCUT2D eigenvalue weighted by molar-refractivity contribution is 5.00. The van der Waals surface area contributed by atoms with Crippen molar-refractivity contribution >= 4 is 0 Å². The van der Waals surface area contributed by atoms with E-state index in [1.807, 2.05) is 76.4 Å². The molecule has 0 saturated carbocycles. The summed E-state index contributed by atoms with van der Waals surface area (Å²) >= 11 is 0. The fourth-order valence-electron chi connectivity index (χ4n) is 3.07. The quantitative estimate of drug-likeness (QED) is 0.557. The molecule has 0 atom stereocenters. The highest BCUT2D eigenvalue weighted by Gasteiger charge is 2.13. The standard InChI is InChI=1S/C11H21NO.C10H19NO.C8H17NO/c1-11(2,3)10(13)9-12-7-5-4-6-8-12;1-10(2,3)9(12)8-11-6-4-5-7-11;1-8(2,3)7(10)6-9(4)5/h9,13H,4-8H2,1-3H3;8,12H,4-7H2,1-3H3;6,10H,1-5H3/p-3/b10-9-;9-8-;7-6-. The first kappa shape index (κ1) is 33.0. The van der Waals surface area contributed by atoms with Crippen LogP contribution < -0.4 is 15.3 Å². The van der Waals surface area contributed by atoms with E-state index in [0.717, 1.165) is 26.2 Å². The van der Waals surface area contributed by atoms with E-state index < -0.39 is 0 Å². The first-order valence-electron chi connectivity index (χ1n) is 13.2. The molecule has 2 aliphatic heterocycles. The summed E-state index contributed by atoms with van der Waals surface area (Å²) in [5, 5.41) is 34.3. The zero-order chi connectivity index (χ0) is 27.4. The van der Waals surface area contributed by atoms with Gasteiger partial charge in [-0.2, -0.15) is 0 Å². The van der Waals surface area contributed by atoms with Gasteiger partial charge in [0.05, 0.1) is 0 Å². The van der Waals surface area contributed by atoms with Crippen molar-refractivity contribution in [3.8, 4) is 0 Å². The minimum absolute atomic E-state index is 0.164. The average Bonchev–Trinajstić information content (AvgIpc) is 3.20.